The van der Waals surface area contributed by atoms with Gasteiger partial charge in [-0.2, -0.15) is 0 Å². The van der Waals surface area contributed by atoms with Gasteiger partial charge in [0.25, 0.3) is 0 Å². The summed E-state index contributed by atoms with van der Waals surface area (Å²) in [6.07, 6.45) is 3.11. The minimum atomic E-state index is -0.113. The van der Waals surface area contributed by atoms with Crippen LogP contribution in [0.3, 0.4) is 0 Å². The number of hydrogen-bond donors (Lipinski definition) is 0. The maximum atomic E-state index is 12.9. The number of piperidine rings is 1. The number of nitrogens with zero attached hydrogens (tertiary/aromatic N) is 2. The zero-order valence-electron chi connectivity index (χ0n) is 16.4. The molecule has 1 aromatic rings. The lowest BCUT2D eigenvalue weighted by Gasteiger charge is -2.35. The summed E-state index contributed by atoms with van der Waals surface area (Å²) in [5, 5.41) is 0. The third-order valence-corrected chi connectivity index (χ3v) is 5.61. The summed E-state index contributed by atoms with van der Waals surface area (Å²) in [7, 11) is 3.52. The van der Waals surface area contributed by atoms with E-state index in [2.05, 4.69) is 0 Å². The number of hydrogen-bond acceptors (Lipinski definition) is 4. The highest BCUT2D eigenvalue weighted by Gasteiger charge is 2.32. The molecule has 0 radical (unpaired) electrons. The van der Waals surface area contributed by atoms with Crippen LogP contribution in [0.4, 0.5) is 0 Å². The van der Waals surface area contributed by atoms with Crippen LogP contribution >= 0.6 is 0 Å². The molecule has 0 aliphatic carbocycles. The molecule has 0 spiro atoms. The van der Waals surface area contributed by atoms with Crippen molar-refractivity contribution in [3.8, 4) is 5.75 Å². The first-order valence-electron chi connectivity index (χ1n) is 9.80. The third kappa shape index (κ3) is 5.22. The van der Waals surface area contributed by atoms with Crippen LogP contribution in [0.15, 0.2) is 24.3 Å². The lowest BCUT2D eigenvalue weighted by atomic mass is 9.94. The molecule has 1 atom stereocenters. The van der Waals surface area contributed by atoms with Crippen LogP contribution in [0.25, 0.3) is 0 Å². The van der Waals surface area contributed by atoms with Gasteiger partial charge in [0.2, 0.25) is 11.8 Å². The van der Waals surface area contributed by atoms with Crippen molar-refractivity contribution < 1.29 is 19.1 Å². The summed E-state index contributed by atoms with van der Waals surface area (Å²) in [5.74, 6) is 1.46. The molecule has 0 N–H and O–H groups in total. The molecule has 2 amide bonds. The fourth-order valence-corrected chi connectivity index (χ4v) is 3.98. The minimum absolute atomic E-state index is 0.113. The van der Waals surface area contributed by atoms with Gasteiger partial charge in [-0.15, -0.1) is 0 Å². The van der Waals surface area contributed by atoms with E-state index in [-0.39, 0.29) is 17.7 Å². The third-order valence-electron chi connectivity index (χ3n) is 5.61. The van der Waals surface area contributed by atoms with E-state index in [9.17, 15) is 9.59 Å². The number of ether oxygens (including phenoxy) is 2. The molecule has 148 valence electrons. The second kappa shape index (κ2) is 9.22. The second-order valence-corrected chi connectivity index (χ2v) is 7.64. The van der Waals surface area contributed by atoms with E-state index in [4.69, 9.17) is 9.47 Å². The van der Waals surface area contributed by atoms with E-state index in [0.717, 1.165) is 43.9 Å². The van der Waals surface area contributed by atoms with Crippen molar-refractivity contribution in [1.82, 2.24) is 9.80 Å². The SMILES string of the molecule is COc1cccc(CN2C[C@@H](C(=O)N(C)CC3CCOCC3)CCC2=O)c1. The highest BCUT2D eigenvalue weighted by Crippen LogP contribution is 2.24. The van der Waals surface area contributed by atoms with Gasteiger partial charge in [0.15, 0.2) is 0 Å². The van der Waals surface area contributed by atoms with E-state index in [1.165, 1.54) is 0 Å². The molecule has 0 aromatic heterocycles. The fraction of sp³-hybridized carbons (Fsp3) is 0.619. The molecule has 1 aromatic carbocycles. The Morgan fingerprint density at radius 1 is 1.30 bits per heavy atom. The van der Waals surface area contributed by atoms with Gasteiger partial charge >= 0.3 is 0 Å². The Bertz CT molecular complexity index is 657. The zero-order valence-corrected chi connectivity index (χ0v) is 16.4. The summed E-state index contributed by atoms with van der Waals surface area (Å²) in [5.41, 5.74) is 1.02. The molecule has 3 rings (SSSR count). The van der Waals surface area contributed by atoms with E-state index in [0.29, 0.717) is 31.8 Å². The number of likely N-dealkylation sites (tertiary alicyclic amines) is 1. The molecule has 2 aliphatic rings. The molecule has 0 bridgehead atoms. The van der Waals surface area contributed by atoms with Gasteiger partial charge < -0.3 is 19.3 Å². The Labute approximate surface area is 161 Å². The van der Waals surface area contributed by atoms with Crippen LogP contribution in [0.5, 0.6) is 5.75 Å². The molecule has 2 fully saturated rings. The lowest BCUT2D eigenvalue weighted by molar-refractivity contribution is -0.143. The van der Waals surface area contributed by atoms with Crippen LogP contribution in [0.1, 0.15) is 31.2 Å². The second-order valence-electron chi connectivity index (χ2n) is 7.64. The predicted molar refractivity (Wildman–Crippen MR) is 102 cm³/mol. The molecule has 27 heavy (non-hydrogen) atoms. The van der Waals surface area contributed by atoms with Crippen LogP contribution in [-0.4, -0.2) is 62.1 Å². The first kappa shape index (κ1) is 19.7. The normalized spacial score (nSPS) is 21.2. The zero-order chi connectivity index (χ0) is 19.2. The van der Waals surface area contributed by atoms with Crippen LogP contribution in [-0.2, 0) is 20.9 Å². The molecule has 6 heteroatoms. The van der Waals surface area contributed by atoms with Crippen molar-refractivity contribution >= 4 is 11.8 Å². The van der Waals surface area contributed by atoms with Crippen LogP contribution < -0.4 is 4.74 Å². The molecule has 0 saturated carbocycles. The number of carbonyl (C=O) groups excluding carboxylic acids is 2. The predicted octanol–water partition coefficient (Wildman–Crippen LogP) is 2.32. The number of benzene rings is 1. The number of rotatable bonds is 6. The smallest absolute Gasteiger partial charge is 0.227 e. The molecular formula is C21H30N2O4. The lowest BCUT2D eigenvalue weighted by Crippen LogP contribution is -2.46. The topological polar surface area (TPSA) is 59.1 Å². The van der Waals surface area contributed by atoms with Gasteiger partial charge in [-0.1, -0.05) is 12.1 Å². The molecule has 2 aliphatic heterocycles. The van der Waals surface area contributed by atoms with Crippen molar-refractivity contribution in [1.29, 1.82) is 0 Å². The van der Waals surface area contributed by atoms with Gasteiger partial charge in [0, 0.05) is 46.3 Å². The Hall–Kier alpha value is -2.08. The standard InChI is InChI=1S/C21H30N2O4/c1-22(13-16-8-10-27-11-9-16)21(25)18-6-7-20(24)23(15-18)14-17-4-3-5-19(12-17)26-2/h3-5,12,16,18H,6-11,13-15H2,1-2H3/t18-/m0/s1. The first-order valence-corrected chi connectivity index (χ1v) is 9.80. The Balaban J connectivity index is 1.58. The molecule has 0 unspecified atom stereocenters. The highest BCUT2D eigenvalue weighted by molar-refractivity contribution is 5.83. The molecule has 6 nitrogen and oxygen atoms in total. The Morgan fingerprint density at radius 3 is 2.81 bits per heavy atom. The number of carbonyl (C=O) groups is 2. The highest BCUT2D eigenvalue weighted by atomic mass is 16.5. The van der Waals surface area contributed by atoms with Gasteiger partial charge in [0.05, 0.1) is 13.0 Å². The van der Waals surface area contributed by atoms with Crippen molar-refractivity contribution in [2.45, 2.75) is 32.2 Å². The summed E-state index contributed by atoms with van der Waals surface area (Å²) in [4.78, 5) is 28.9. The number of amides is 2. The first-order chi connectivity index (χ1) is 13.1. The van der Waals surface area contributed by atoms with Crippen molar-refractivity contribution in [3.05, 3.63) is 29.8 Å². The van der Waals surface area contributed by atoms with E-state index >= 15 is 0 Å². The van der Waals surface area contributed by atoms with Crippen molar-refractivity contribution in [3.63, 3.8) is 0 Å². The van der Waals surface area contributed by atoms with E-state index < -0.39 is 0 Å². The summed E-state index contributed by atoms with van der Waals surface area (Å²) >= 11 is 0. The van der Waals surface area contributed by atoms with Crippen LogP contribution in [0.2, 0.25) is 0 Å². The molecule has 2 heterocycles. The largest absolute Gasteiger partial charge is 0.497 e. The quantitative estimate of drug-likeness (QED) is 0.767. The summed E-state index contributed by atoms with van der Waals surface area (Å²) in [6, 6.07) is 7.74. The van der Waals surface area contributed by atoms with Crippen LogP contribution in [0, 0.1) is 11.8 Å². The van der Waals surface area contributed by atoms with Gasteiger partial charge in [0.1, 0.15) is 5.75 Å². The van der Waals surface area contributed by atoms with Crippen molar-refractivity contribution in [2.24, 2.45) is 11.8 Å². The maximum Gasteiger partial charge on any atom is 0.227 e. The summed E-state index contributed by atoms with van der Waals surface area (Å²) < 4.78 is 10.7. The van der Waals surface area contributed by atoms with Gasteiger partial charge in [-0.3, -0.25) is 9.59 Å². The summed E-state index contributed by atoms with van der Waals surface area (Å²) in [6.45, 7) is 3.37. The van der Waals surface area contributed by atoms with Gasteiger partial charge in [-0.05, 0) is 42.9 Å². The van der Waals surface area contributed by atoms with E-state index in [1.54, 1.807) is 7.11 Å². The number of methoxy groups -OCH3 is 1. The maximum absolute atomic E-state index is 12.9. The average molecular weight is 374 g/mol. The van der Waals surface area contributed by atoms with E-state index in [1.807, 2.05) is 41.1 Å². The molecule has 2 saturated heterocycles. The monoisotopic (exact) mass is 374 g/mol. The van der Waals surface area contributed by atoms with Gasteiger partial charge in [-0.25, -0.2) is 0 Å². The minimum Gasteiger partial charge on any atom is -0.497 e. The average Bonchev–Trinajstić information content (AvgIpc) is 2.70. The Morgan fingerprint density at radius 2 is 2.07 bits per heavy atom. The van der Waals surface area contributed by atoms with Crippen molar-refractivity contribution in [2.75, 3.05) is 40.5 Å². The molecular weight excluding hydrogens is 344 g/mol. The fourth-order valence-electron chi connectivity index (χ4n) is 3.98. The Kier molecular flexibility index (Phi) is 6.72.